The molecule has 180 valence electrons. The molecule has 1 aliphatic rings. The van der Waals surface area contributed by atoms with E-state index in [1.807, 2.05) is 0 Å². The lowest BCUT2D eigenvalue weighted by Gasteiger charge is -2.34. The number of amides is 1. The van der Waals surface area contributed by atoms with Crippen LogP contribution in [0.1, 0.15) is 33.6 Å². The van der Waals surface area contributed by atoms with Gasteiger partial charge < -0.3 is 19.7 Å². The minimum Gasteiger partial charge on any atom is -0.480 e. The van der Waals surface area contributed by atoms with Crippen LogP contribution in [0.4, 0.5) is 15.0 Å². The molecule has 0 saturated carbocycles. The molecule has 1 fully saturated rings. The first-order chi connectivity index (χ1) is 15.4. The summed E-state index contributed by atoms with van der Waals surface area (Å²) >= 11 is 0. The predicted molar refractivity (Wildman–Crippen MR) is 117 cm³/mol. The van der Waals surface area contributed by atoms with Gasteiger partial charge in [0.2, 0.25) is 15.7 Å². The van der Waals surface area contributed by atoms with Crippen LogP contribution in [0.3, 0.4) is 0 Å². The smallest absolute Gasteiger partial charge is 0.410 e. The van der Waals surface area contributed by atoms with Crippen molar-refractivity contribution in [1.82, 2.24) is 24.8 Å². The molecule has 0 spiro atoms. The first-order valence-electron chi connectivity index (χ1n) is 10.3. The van der Waals surface area contributed by atoms with Gasteiger partial charge in [-0.15, -0.1) is 0 Å². The highest BCUT2D eigenvalue weighted by molar-refractivity contribution is 7.90. The van der Waals surface area contributed by atoms with Crippen molar-refractivity contribution in [2.75, 3.05) is 31.8 Å². The molecule has 1 N–H and O–H groups in total. The van der Waals surface area contributed by atoms with Crippen LogP contribution in [0.2, 0.25) is 0 Å². The van der Waals surface area contributed by atoms with Gasteiger partial charge in [-0.2, -0.15) is 4.98 Å². The van der Waals surface area contributed by atoms with E-state index in [0.717, 1.165) is 18.6 Å². The highest BCUT2D eigenvalue weighted by atomic mass is 32.2. The summed E-state index contributed by atoms with van der Waals surface area (Å²) in [4.78, 5) is 30.2. The molecule has 1 saturated heterocycles. The fourth-order valence-electron chi connectivity index (χ4n) is 3.26. The van der Waals surface area contributed by atoms with E-state index >= 15 is 0 Å². The number of anilines is 1. The summed E-state index contributed by atoms with van der Waals surface area (Å²) in [5.41, 5.74) is -0.450. The van der Waals surface area contributed by atoms with E-state index in [0.29, 0.717) is 25.9 Å². The number of aromatic nitrogens is 4. The maximum Gasteiger partial charge on any atom is 0.410 e. The van der Waals surface area contributed by atoms with Crippen molar-refractivity contribution >= 4 is 21.7 Å². The fourth-order valence-corrected chi connectivity index (χ4v) is 3.77. The Morgan fingerprint density at radius 3 is 2.48 bits per heavy atom. The lowest BCUT2D eigenvalue weighted by Crippen LogP contribution is -2.47. The zero-order valence-corrected chi connectivity index (χ0v) is 19.9. The molecule has 1 aliphatic heterocycles. The number of nitrogens with one attached hydrogen (secondary N) is 1. The molecule has 2 aromatic rings. The van der Waals surface area contributed by atoms with Gasteiger partial charge in [0.1, 0.15) is 17.0 Å². The average Bonchev–Trinajstić information content (AvgIpc) is 2.72. The van der Waals surface area contributed by atoms with Gasteiger partial charge in [-0.05, 0) is 33.6 Å². The second kappa shape index (κ2) is 9.41. The number of ether oxygens (including phenoxy) is 2. The van der Waals surface area contributed by atoms with E-state index in [9.17, 15) is 17.6 Å². The third-order valence-corrected chi connectivity index (χ3v) is 5.48. The molecule has 1 atom stereocenters. The number of piperidine rings is 1. The first-order valence-corrected chi connectivity index (χ1v) is 12.1. The molecule has 0 radical (unpaired) electrons. The maximum atomic E-state index is 13.4. The van der Waals surface area contributed by atoms with Crippen LogP contribution in [-0.4, -0.2) is 77.4 Å². The summed E-state index contributed by atoms with van der Waals surface area (Å²) in [6.07, 6.45) is 3.86. The summed E-state index contributed by atoms with van der Waals surface area (Å²) in [7, 11) is -2.46. The Labute approximate surface area is 191 Å². The molecule has 0 aliphatic carbocycles. The molecule has 3 heterocycles. The van der Waals surface area contributed by atoms with Crippen molar-refractivity contribution in [2.45, 2.75) is 50.4 Å². The topological polar surface area (TPSA) is 136 Å². The minimum absolute atomic E-state index is 0.0515. The summed E-state index contributed by atoms with van der Waals surface area (Å²) in [6.45, 7) is 6.21. The lowest BCUT2D eigenvalue weighted by atomic mass is 10.1. The minimum atomic E-state index is -3.78. The number of carbonyl (C=O) groups excluding carboxylic acids is 1. The molecule has 13 heteroatoms. The summed E-state index contributed by atoms with van der Waals surface area (Å²) in [5.74, 6) is -0.568. The van der Waals surface area contributed by atoms with Gasteiger partial charge in [0.15, 0.2) is 11.6 Å². The lowest BCUT2D eigenvalue weighted by molar-refractivity contribution is 0.0206. The monoisotopic (exact) mass is 482 g/mol. The van der Waals surface area contributed by atoms with Crippen molar-refractivity contribution in [3.05, 3.63) is 18.2 Å². The van der Waals surface area contributed by atoms with Crippen LogP contribution in [-0.2, 0) is 14.6 Å². The number of rotatable bonds is 5. The van der Waals surface area contributed by atoms with Crippen molar-refractivity contribution in [1.29, 1.82) is 0 Å². The molecule has 2 aromatic heterocycles. The van der Waals surface area contributed by atoms with Crippen molar-refractivity contribution in [3.63, 3.8) is 0 Å². The third kappa shape index (κ3) is 6.24. The van der Waals surface area contributed by atoms with Crippen LogP contribution < -0.4 is 10.1 Å². The van der Waals surface area contributed by atoms with E-state index in [2.05, 4.69) is 25.3 Å². The van der Waals surface area contributed by atoms with Gasteiger partial charge in [0.05, 0.1) is 19.5 Å². The molecule has 0 bridgehead atoms. The number of nitrogens with zero attached hydrogens (tertiary/aromatic N) is 5. The predicted octanol–water partition coefficient (Wildman–Crippen LogP) is 2.30. The van der Waals surface area contributed by atoms with Crippen LogP contribution in [0.5, 0.6) is 5.88 Å². The van der Waals surface area contributed by atoms with Gasteiger partial charge >= 0.3 is 6.09 Å². The average molecular weight is 483 g/mol. The fraction of sp³-hybridized carbons (Fsp3) is 0.550. The van der Waals surface area contributed by atoms with Crippen molar-refractivity contribution in [3.8, 4) is 17.3 Å². The Hall–Kier alpha value is -3.09. The van der Waals surface area contributed by atoms with Crippen LogP contribution in [0.25, 0.3) is 11.4 Å². The van der Waals surface area contributed by atoms with E-state index in [-0.39, 0.29) is 29.1 Å². The molecule has 0 aromatic carbocycles. The third-order valence-electron chi connectivity index (χ3n) is 4.64. The molecular weight excluding hydrogens is 455 g/mol. The molecule has 3 rings (SSSR count). The van der Waals surface area contributed by atoms with Crippen LogP contribution in [0.15, 0.2) is 17.6 Å². The molecule has 1 amide bonds. The first kappa shape index (κ1) is 24.6. The number of carbonyl (C=O) groups is 1. The largest absolute Gasteiger partial charge is 0.480 e. The summed E-state index contributed by atoms with van der Waals surface area (Å²) in [6, 6.07) is -0.280. The normalized spacial score (nSPS) is 16.9. The molecular formula is C20H27FN6O5S. The number of halogens is 1. The van der Waals surface area contributed by atoms with Gasteiger partial charge in [-0.1, -0.05) is 0 Å². The van der Waals surface area contributed by atoms with Gasteiger partial charge in [-0.3, -0.25) is 0 Å². The highest BCUT2D eigenvalue weighted by Gasteiger charge is 2.30. The zero-order chi connectivity index (χ0) is 24.4. The zero-order valence-electron chi connectivity index (χ0n) is 19.1. The summed E-state index contributed by atoms with van der Waals surface area (Å²) < 4.78 is 48.4. The second-order valence-electron chi connectivity index (χ2n) is 8.65. The van der Waals surface area contributed by atoms with E-state index < -0.39 is 32.5 Å². The summed E-state index contributed by atoms with van der Waals surface area (Å²) in [5, 5.41) is 2.73. The molecule has 0 unspecified atom stereocenters. The van der Waals surface area contributed by atoms with Crippen molar-refractivity contribution < 1.29 is 27.1 Å². The van der Waals surface area contributed by atoms with E-state index in [4.69, 9.17) is 9.47 Å². The Morgan fingerprint density at radius 1 is 1.24 bits per heavy atom. The van der Waals surface area contributed by atoms with Crippen LogP contribution in [0, 0.1) is 5.82 Å². The number of sulfone groups is 1. The van der Waals surface area contributed by atoms with Gasteiger partial charge in [0, 0.05) is 25.4 Å². The Kier molecular flexibility index (Phi) is 7.00. The number of hydrogen-bond acceptors (Lipinski definition) is 10. The number of methoxy groups -OCH3 is 1. The Morgan fingerprint density at radius 2 is 1.91 bits per heavy atom. The van der Waals surface area contributed by atoms with Crippen molar-refractivity contribution in [2.24, 2.45) is 0 Å². The van der Waals surface area contributed by atoms with E-state index in [1.165, 1.54) is 7.11 Å². The number of likely N-dealkylation sites (tertiary alicyclic amines) is 1. The molecule has 11 nitrogen and oxygen atoms in total. The highest BCUT2D eigenvalue weighted by Crippen LogP contribution is 2.34. The molecule has 33 heavy (non-hydrogen) atoms. The maximum absolute atomic E-state index is 13.4. The Balaban J connectivity index is 1.98. The van der Waals surface area contributed by atoms with Gasteiger partial charge in [0.25, 0.3) is 5.16 Å². The van der Waals surface area contributed by atoms with E-state index in [1.54, 1.807) is 25.7 Å². The SMILES string of the molecule is COc1nc(S(C)(=O)=O)nc(N[C@H]2CCCN(C(=O)OC(C)(C)C)C2)c1-c1ncc(F)cn1. The van der Waals surface area contributed by atoms with Crippen LogP contribution >= 0.6 is 0 Å². The quantitative estimate of drug-likeness (QED) is 0.632. The Bertz CT molecular complexity index is 1120. The number of hydrogen-bond donors (Lipinski definition) is 1. The second-order valence-corrected chi connectivity index (χ2v) is 10.6. The van der Waals surface area contributed by atoms with Gasteiger partial charge in [-0.25, -0.2) is 32.6 Å². The standard InChI is InChI=1S/C20H27FN6O5S/c1-20(2,3)32-19(28)27-8-6-7-13(11-27)24-16-14(15-22-9-12(21)10-23-15)17(31-4)26-18(25-16)33(5,29)30/h9-10,13H,6-8,11H2,1-5H3,(H,24,25,26)/t13-/m0/s1.